The van der Waals surface area contributed by atoms with Crippen LogP contribution in [0.1, 0.15) is 336 Å². The molecule has 558 valence electrons. The van der Waals surface area contributed by atoms with Gasteiger partial charge in [0.05, 0.1) is 26.4 Å². The van der Waals surface area contributed by atoms with Gasteiger partial charge in [0.15, 0.2) is 12.2 Å². The summed E-state index contributed by atoms with van der Waals surface area (Å²) in [4.78, 5) is 72.8. The van der Waals surface area contributed by atoms with E-state index in [1.807, 2.05) is 0 Å². The maximum atomic E-state index is 13.1. The Bertz CT molecular complexity index is 2110. The lowest BCUT2D eigenvalue weighted by atomic mass is 10.1. The van der Waals surface area contributed by atoms with Gasteiger partial charge in [-0.2, -0.15) is 0 Å². The second-order valence-electron chi connectivity index (χ2n) is 25.6. The third kappa shape index (κ3) is 69.0. The van der Waals surface area contributed by atoms with Crippen LogP contribution in [0, 0.1) is 0 Å². The van der Waals surface area contributed by atoms with Crippen LogP contribution in [-0.2, 0) is 65.4 Å². The van der Waals surface area contributed by atoms with Gasteiger partial charge in [0.2, 0.25) is 0 Å². The van der Waals surface area contributed by atoms with Gasteiger partial charge in [-0.3, -0.25) is 37.3 Å². The number of unbranched alkanes of at least 4 members (excludes halogenated alkanes) is 34. The summed E-state index contributed by atoms with van der Waals surface area (Å²) in [7, 11) is -9.94. The number of phosphoric acid groups is 2. The third-order valence-corrected chi connectivity index (χ3v) is 18.0. The maximum Gasteiger partial charge on any atom is 0.472 e. The van der Waals surface area contributed by atoms with E-state index in [0.717, 1.165) is 180 Å². The fourth-order valence-electron chi connectivity index (χ4n) is 10.3. The number of carbonyl (C=O) groups excluding carboxylic acids is 4. The van der Waals surface area contributed by atoms with E-state index in [-0.39, 0.29) is 25.7 Å². The molecule has 3 N–H and O–H groups in total. The van der Waals surface area contributed by atoms with E-state index in [1.165, 1.54) is 77.0 Å². The number of hydrogen-bond acceptors (Lipinski definition) is 15. The first-order valence-corrected chi connectivity index (χ1v) is 41.2. The lowest BCUT2D eigenvalue weighted by molar-refractivity contribution is -0.161. The number of phosphoric ester groups is 2. The molecule has 0 amide bonds. The molecule has 19 heteroatoms. The molecule has 0 bridgehead atoms. The number of esters is 4. The SMILES string of the molecule is CC/C=C\C/C=C\C/C=C\CCCCCCCCCC(=O)OCC(COP(=O)(O)OCC(O)COP(=O)(O)OCC(COC(=O)CCCCCCC/C=C\CCCCCCCC)OC(=O)CCCCCCC/C=C\C/C=C\CCC)OC(=O)CCCCCCCCCCCCC. The van der Waals surface area contributed by atoms with E-state index < -0.39 is 97.5 Å². The smallest absolute Gasteiger partial charge is 0.462 e. The zero-order valence-electron chi connectivity index (χ0n) is 60.8. The summed E-state index contributed by atoms with van der Waals surface area (Å²) in [6.07, 6.45) is 68.9. The molecule has 0 saturated heterocycles. The number of aliphatic hydroxyl groups excluding tert-OH is 1. The summed E-state index contributed by atoms with van der Waals surface area (Å²) < 4.78 is 68.4. The highest BCUT2D eigenvalue weighted by molar-refractivity contribution is 7.47. The van der Waals surface area contributed by atoms with Crippen LogP contribution in [0.5, 0.6) is 0 Å². The Morgan fingerprint density at radius 3 is 0.885 bits per heavy atom. The Kier molecular flexibility index (Phi) is 67.4. The Labute approximate surface area is 583 Å². The van der Waals surface area contributed by atoms with Gasteiger partial charge >= 0.3 is 39.5 Å². The van der Waals surface area contributed by atoms with Gasteiger partial charge < -0.3 is 33.8 Å². The van der Waals surface area contributed by atoms with Crippen LogP contribution in [0.3, 0.4) is 0 Å². The Hall–Kier alpha value is -3.50. The highest BCUT2D eigenvalue weighted by Gasteiger charge is 2.30. The van der Waals surface area contributed by atoms with Gasteiger partial charge in [-0.05, 0) is 109 Å². The van der Waals surface area contributed by atoms with Crippen molar-refractivity contribution < 1.29 is 80.2 Å². The second kappa shape index (κ2) is 70.0. The molecule has 0 fully saturated rings. The first-order chi connectivity index (χ1) is 46.7. The zero-order chi connectivity index (χ0) is 70.4. The van der Waals surface area contributed by atoms with Crippen LogP contribution in [0.2, 0.25) is 0 Å². The van der Waals surface area contributed by atoms with Crippen LogP contribution < -0.4 is 0 Å². The molecule has 0 saturated carbocycles. The first-order valence-electron chi connectivity index (χ1n) is 38.2. The molecule has 0 aromatic carbocycles. The van der Waals surface area contributed by atoms with Gasteiger partial charge in [0.25, 0.3) is 0 Å². The van der Waals surface area contributed by atoms with Gasteiger partial charge in [-0.1, -0.05) is 274 Å². The Morgan fingerprint density at radius 2 is 0.562 bits per heavy atom. The quantitative estimate of drug-likeness (QED) is 0.0169. The summed E-state index contributed by atoms with van der Waals surface area (Å²) in [6.45, 7) is 4.69. The van der Waals surface area contributed by atoms with Crippen molar-refractivity contribution in [3.63, 3.8) is 0 Å². The molecule has 0 aromatic heterocycles. The minimum Gasteiger partial charge on any atom is -0.462 e. The number of aliphatic hydroxyl groups is 1. The van der Waals surface area contributed by atoms with E-state index in [9.17, 15) is 43.2 Å². The van der Waals surface area contributed by atoms with Crippen LogP contribution in [-0.4, -0.2) is 96.7 Å². The van der Waals surface area contributed by atoms with Crippen molar-refractivity contribution in [1.82, 2.24) is 0 Å². The minimum absolute atomic E-state index is 0.0801. The molecule has 17 nitrogen and oxygen atoms in total. The lowest BCUT2D eigenvalue weighted by Crippen LogP contribution is -2.30. The van der Waals surface area contributed by atoms with Crippen LogP contribution in [0.25, 0.3) is 0 Å². The van der Waals surface area contributed by atoms with Crippen molar-refractivity contribution in [3.05, 3.63) is 72.9 Å². The molecule has 5 atom stereocenters. The second-order valence-corrected chi connectivity index (χ2v) is 28.5. The minimum atomic E-state index is -4.97. The molecular weight excluding hydrogens is 1260 g/mol. The highest BCUT2D eigenvalue weighted by atomic mass is 31.2. The van der Waals surface area contributed by atoms with Gasteiger partial charge in [0, 0.05) is 25.7 Å². The molecule has 0 spiro atoms. The van der Waals surface area contributed by atoms with E-state index in [4.69, 9.17) is 37.0 Å². The lowest BCUT2D eigenvalue weighted by Gasteiger charge is -2.21. The molecule has 0 rings (SSSR count). The highest BCUT2D eigenvalue weighted by Crippen LogP contribution is 2.45. The van der Waals surface area contributed by atoms with Gasteiger partial charge in [-0.25, -0.2) is 9.13 Å². The van der Waals surface area contributed by atoms with Crippen molar-refractivity contribution in [2.75, 3.05) is 39.6 Å². The normalized spacial score (nSPS) is 14.4. The van der Waals surface area contributed by atoms with Crippen molar-refractivity contribution in [3.8, 4) is 0 Å². The fourth-order valence-corrected chi connectivity index (χ4v) is 11.9. The third-order valence-electron chi connectivity index (χ3n) is 16.1. The molecule has 0 aliphatic heterocycles. The monoisotopic (exact) mass is 1400 g/mol. The Balaban J connectivity index is 5.30. The Morgan fingerprint density at radius 1 is 0.302 bits per heavy atom. The average molecular weight is 1400 g/mol. The summed E-state index contributed by atoms with van der Waals surface area (Å²) in [5.41, 5.74) is 0. The maximum absolute atomic E-state index is 13.1. The molecule has 96 heavy (non-hydrogen) atoms. The standard InChI is InChI=1S/C77H138O17P2/c1-5-9-13-17-21-25-29-32-34-35-37-40-43-46-50-54-58-62-75(80)87-67-72(93-76(81)63-59-55-51-47-41-28-24-20-16-12-8-4)69-91-95(83,84)89-65-71(78)66-90-96(85,86)92-70-73(94-77(82)64-60-56-52-48-44-38-31-27-23-19-15-11-7-3)68-88-74(79)61-57-53-49-45-42-39-36-33-30-26-22-18-14-10-6-2/h9,13,15,19,21,25,27,31-34,36,71-73,78H,5-8,10-12,14,16-18,20,22-24,26,28-30,35,37-70H2,1-4H3,(H,83,84)(H,85,86)/b13-9-,19-15-,25-21-,31-27-,34-32-,36-33-. The summed E-state index contributed by atoms with van der Waals surface area (Å²) in [5, 5.41) is 10.6. The van der Waals surface area contributed by atoms with Crippen molar-refractivity contribution in [1.29, 1.82) is 0 Å². The summed E-state index contributed by atoms with van der Waals surface area (Å²) >= 11 is 0. The topological polar surface area (TPSA) is 237 Å². The molecule has 0 aliphatic carbocycles. The molecule has 0 heterocycles. The number of allylic oxidation sites excluding steroid dienone is 12. The van der Waals surface area contributed by atoms with Crippen LogP contribution >= 0.6 is 15.6 Å². The van der Waals surface area contributed by atoms with Crippen LogP contribution in [0.15, 0.2) is 72.9 Å². The molecule has 0 aromatic rings. The number of hydrogen-bond donors (Lipinski definition) is 3. The predicted molar refractivity (Wildman–Crippen MR) is 390 cm³/mol. The average Bonchev–Trinajstić information content (AvgIpc) is 1.13. The van der Waals surface area contributed by atoms with Crippen molar-refractivity contribution in [2.24, 2.45) is 0 Å². The predicted octanol–water partition coefficient (Wildman–Crippen LogP) is 21.7. The molecule has 0 radical (unpaired) electrons. The molecule has 0 aliphatic rings. The van der Waals surface area contributed by atoms with Gasteiger partial charge in [-0.15, -0.1) is 0 Å². The van der Waals surface area contributed by atoms with Crippen LogP contribution in [0.4, 0.5) is 0 Å². The molecule has 5 unspecified atom stereocenters. The van der Waals surface area contributed by atoms with Crippen molar-refractivity contribution in [2.45, 2.75) is 354 Å². The van der Waals surface area contributed by atoms with E-state index in [0.29, 0.717) is 25.7 Å². The first kappa shape index (κ1) is 92.5. The van der Waals surface area contributed by atoms with Gasteiger partial charge in [0.1, 0.15) is 19.3 Å². The number of ether oxygens (including phenoxy) is 4. The summed E-state index contributed by atoms with van der Waals surface area (Å²) in [5.74, 6) is -2.19. The largest absolute Gasteiger partial charge is 0.472 e. The zero-order valence-corrected chi connectivity index (χ0v) is 62.6. The fraction of sp³-hybridized carbons (Fsp3) is 0.792. The summed E-state index contributed by atoms with van der Waals surface area (Å²) in [6, 6.07) is 0. The van der Waals surface area contributed by atoms with E-state index >= 15 is 0 Å². The van der Waals surface area contributed by atoms with Crippen molar-refractivity contribution >= 4 is 39.5 Å². The van der Waals surface area contributed by atoms with E-state index in [1.54, 1.807) is 0 Å². The van der Waals surface area contributed by atoms with E-state index in [2.05, 4.69) is 101 Å². The number of rotatable bonds is 72. The molecular formula is C77H138O17P2. The number of carbonyl (C=O) groups is 4.